The molecule has 0 aliphatic heterocycles. The highest BCUT2D eigenvalue weighted by Gasteiger charge is 2.09. The maximum atomic E-state index is 11.6. The van der Waals surface area contributed by atoms with Crippen molar-refractivity contribution in [1.82, 2.24) is 0 Å². The lowest BCUT2D eigenvalue weighted by atomic mass is 10.2. The number of nitrogens with one attached hydrogen (secondary N) is 1. The van der Waals surface area contributed by atoms with Crippen LogP contribution in [0.3, 0.4) is 0 Å². The van der Waals surface area contributed by atoms with Crippen molar-refractivity contribution in [2.24, 2.45) is 0 Å². The predicted octanol–water partition coefficient (Wildman–Crippen LogP) is 4.45. The minimum absolute atomic E-state index is 0.0517. The van der Waals surface area contributed by atoms with Crippen LogP contribution in [0.25, 0.3) is 0 Å². The van der Waals surface area contributed by atoms with Gasteiger partial charge in [0.05, 0.1) is 10.0 Å². The Balaban J connectivity index is 1.95. The van der Waals surface area contributed by atoms with E-state index in [0.29, 0.717) is 5.69 Å². The quantitative estimate of drug-likeness (QED) is 0.823. The summed E-state index contributed by atoms with van der Waals surface area (Å²) in [6.07, 6.45) is -0.633. The first-order valence-corrected chi connectivity index (χ1v) is 6.47. The summed E-state index contributed by atoms with van der Waals surface area (Å²) in [5.41, 5.74) is 1.22. The molecule has 0 saturated heterocycles. The normalized spacial score (nSPS) is 10.1. The number of phenolic OH excluding ortho intramolecular Hbond substituents is 1. The Bertz CT molecular complexity index is 594. The molecule has 0 aliphatic carbocycles. The molecule has 2 N–H and O–H groups in total. The second-order valence-electron chi connectivity index (χ2n) is 3.98. The molecule has 0 aliphatic rings. The highest BCUT2D eigenvalue weighted by Crippen LogP contribution is 2.34. The van der Waals surface area contributed by atoms with E-state index in [1.54, 1.807) is 0 Å². The van der Waals surface area contributed by atoms with Crippen LogP contribution in [-0.2, 0) is 11.3 Å². The molecule has 0 spiro atoms. The number of hydrogen-bond acceptors (Lipinski definition) is 3. The molecular formula is C14H11Cl2NO3. The highest BCUT2D eigenvalue weighted by molar-refractivity contribution is 6.37. The first kappa shape index (κ1) is 14.5. The zero-order valence-electron chi connectivity index (χ0n) is 10.3. The molecule has 6 heteroatoms. The average molecular weight is 312 g/mol. The molecule has 2 rings (SSSR count). The molecule has 0 radical (unpaired) electrons. The standard InChI is InChI=1S/C14H11Cl2NO3/c15-11-6-10(7-12(16)13(11)18)17-14(19)20-8-9-4-2-1-3-5-9/h1-7,18H,8H2,(H,17,19). The van der Waals surface area contributed by atoms with E-state index in [0.717, 1.165) is 5.56 Å². The van der Waals surface area contributed by atoms with Crippen LogP contribution in [-0.4, -0.2) is 11.2 Å². The predicted molar refractivity (Wildman–Crippen MR) is 78.4 cm³/mol. The number of aromatic hydroxyl groups is 1. The fraction of sp³-hybridized carbons (Fsp3) is 0.0714. The van der Waals surface area contributed by atoms with Crippen LogP contribution in [0, 0.1) is 0 Å². The summed E-state index contributed by atoms with van der Waals surface area (Å²) in [5, 5.41) is 12.0. The van der Waals surface area contributed by atoms with Gasteiger partial charge in [0.1, 0.15) is 6.61 Å². The monoisotopic (exact) mass is 311 g/mol. The smallest absolute Gasteiger partial charge is 0.411 e. The summed E-state index contributed by atoms with van der Waals surface area (Å²) in [6.45, 7) is 0.159. The topological polar surface area (TPSA) is 58.6 Å². The largest absolute Gasteiger partial charge is 0.505 e. The Kier molecular flexibility index (Phi) is 4.71. The minimum Gasteiger partial charge on any atom is -0.505 e. The van der Waals surface area contributed by atoms with Crippen LogP contribution in [0.2, 0.25) is 10.0 Å². The molecule has 0 atom stereocenters. The van der Waals surface area contributed by atoms with Gasteiger partial charge in [-0.1, -0.05) is 53.5 Å². The molecule has 4 nitrogen and oxygen atoms in total. The fourth-order valence-corrected chi connectivity index (χ4v) is 2.00. The Labute approximate surface area is 125 Å². The van der Waals surface area contributed by atoms with Crippen LogP contribution in [0.5, 0.6) is 5.75 Å². The van der Waals surface area contributed by atoms with Crippen molar-refractivity contribution in [3.8, 4) is 5.75 Å². The first-order chi connectivity index (χ1) is 9.56. The lowest BCUT2D eigenvalue weighted by Gasteiger charge is -2.08. The number of benzene rings is 2. The molecule has 0 bridgehead atoms. The molecule has 2 aromatic carbocycles. The summed E-state index contributed by atoms with van der Waals surface area (Å²) < 4.78 is 5.04. The maximum Gasteiger partial charge on any atom is 0.411 e. The number of carbonyl (C=O) groups excluding carboxylic acids is 1. The third-order valence-corrected chi connectivity index (χ3v) is 3.05. The Hall–Kier alpha value is -1.91. The number of hydrogen-bond donors (Lipinski definition) is 2. The molecule has 0 aromatic heterocycles. The van der Waals surface area contributed by atoms with Gasteiger partial charge in [-0.3, -0.25) is 5.32 Å². The van der Waals surface area contributed by atoms with Gasteiger partial charge in [0.25, 0.3) is 0 Å². The third-order valence-electron chi connectivity index (χ3n) is 2.48. The van der Waals surface area contributed by atoms with E-state index in [4.69, 9.17) is 27.9 Å². The maximum absolute atomic E-state index is 11.6. The third kappa shape index (κ3) is 3.79. The first-order valence-electron chi connectivity index (χ1n) is 5.72. The zero-order valence-corrected chi connectivity index (χ0v) is 11.8. The number of halogens is 2. The van der Waals surface area contributed by atoms with Crippen LogP contribution in [0.1, 0.15) is 5.56 Å². The lowest BCUT2D eigenvalue weighted by Crippen LogP contribution is -2.13. The van der Waals surface area contributed by atoms with Gasteiger partial charge >= 0.3 is 6.09 Å². The minimum atomic E-state index is -0.633. The van der Waals surface area contributed by atoms with E-state index in [2.05, 4.69) is 5.32 Å². The summed E-state index contributed by atoms with van der Waals surface area (Å²) >= 11 is 11.5. The second-order valence-corrected chi connectivity index (χ2v) is 4.79. The number of carbonyl (C=O) groups is 1. The van der Waals surface area contributed by atoms with E-state index in [9.17, 15) is 9.90 Å². The van der Waals surface area contributed by atoms with E-state index < -0.39 is 6.09 Å². The van der Waals surface area contributed by atoms with Gasteiger partial charge < -0.3 is 9.84 Å². The van der Waals surface area contributed by atoms with Gasteiger partial charge in [0.2, 0.25) is 0 Å². The number of amides is 1. The van der Waals surface area contributed by atoms with Crippen LogP contribution in [0.4, 0.5) is 10.5 Å². The number of ether oxygens (including phenoxy) is 1. The van der Waals surface area contributed by atoms with Gasteiger partial charge in [0, 0.05) is 5.69 Å². The van der Waals surface area contributed by atoms with Gasteiger partial charge in [-0.05, 0) is 17.7 Å². The van der Waals surface area contributed by atoms with Crippen LogP contribution in [0.15, 0.2) is 42.5 Å². The van der Waals surface area contributed by atoms with Crippen molar-refractivity contribution in [1.29, 1.82) is 0 Å². The van der Waals surface area contributed by atoms with Crippen molar-refractivity contribution < 1.29 is 14.6 Å². The van der Waals surface area contributed by atoms with E-state index in [1.165, 1.54) is 12.1 Å². The SMILES string of the molecule is O=C(Nc1cc(Cl)c(O)c(Cl)c1)OCc1ccccc1. The fourth-order valence-electron chi connectivity index (χ4n) is 1.51. The van der Waals surface area contributed by atoms with E-state index >= 15 is 0 Å². The van der Waals surface area contributed by atoms with Crippen molar-refractivity contribution in [2.45, 2.75) is 6.61 Å². The van der Waals surface area contributed by atoms with Crippen LogP contribution >= 0.6 is 23.2 Å². The number of anilines is 1. The van der Waals surface area contributed by atoms with Gasteiger partial charge in [-0.2, -0.15) is 0 Å². The Morgan fingerprint density at radius 1 is 1.15 bits per heavy atom. The van der Waals surface area contributed by atoms with Gasteiger partial charge in [-0.15, -0.1) is 0 Å². The van der Waals surface area contributed by atoms with Gasteiger partial charge in [0.15, 0.2) is 5.75 Å². The molecule has 2 aromatic rings. The zero-order chi connectivity index (χ0) is 14.5. The summed E-state index contributed by atoms with van der Waals surface area (Å²) in [5.74, 6) is -0.225. The number of phenols is 1. The highest BCUT2D eigenvalue weighted by atomic mass is 35.5. The van der Waals surface area contributed by atoms with E-state index in [1.807, 2.05) is 30.3 Å². The molecule has 0 unspecified atom stereocenters. The van der Waals surface area contributed by atoms with Crippen LogP contribution < -0.4 is 5.32 Å². The molecule has 104 valence electrons. The Morgan fingerprint density at radius 3 is 2.35 bits per heavy atom. The van der Waals surface area contributed by atoms with Gasteiger partial charge in [-0.25, -0.2) is 4.79 Å². The molecular weight excluding hydrogens is 301 g/mol. The second kappa shape index (κ2) is 6.50. The average Bonchev–Trinajstić information content (AvgIpc) is 2.43. The Morgan fingerprint density at radius 2 is 1.75 bits per heavy atom. The summed E-state index contributed by atoms with van der Waals surface area (Å²) in [4.78, 5) is 11.6. The molecule has 20 heavy (non-hydrogen) atoms. The van der Waals surface area contributed by atoms with Crippen molar-refractivity contribution in [3.63, 3.8) is 0 Å². The lowest BCUT2D eigenvalue weighted by molar-refractivity contribution is 0.155. The van der Waals surface area contributed by atoms with Crippen molar-refractivity contribution >= 4 is 35.0 Å². The molecule has 1 amide bonds. The molecule has 0 saturated carbocycles. The number of rotatable bonds is 3. The van der Waals surface area contributed by atoms with E-state index in [-0.39, 0.29) is 22.4 Å². The van der Waals surface area contributed by atoms with Crippen molar-refractivity contribution in [3.05, 3.63) is 58.1 Å². The summed E-state index contributed by atoms with van der Waals surface area (Å²) in [6, 6.07) is 12.1. The molecule has 0 heterocycles. The molecule has 0 fully saturated rings. The summed E-state index contributed by atoms with van der Waals surface area (Å²) in [7, 11) is 0. The van der Waals surface area contributed by atoms with Crippen molar-refractivity contribution in [2.75, 3.05) is 5.32 Å².